The molecule has 0 spiro atoms. The van der Waals surface area contributed by atoms with E-state index in [1.54, 1.807) is 22.9 Å². The normalized spacial score (nSPS) is 10.7. The number of hydrogen-bond acceptors (Lipinski definition) is 6. The van der Waals surface area contributed by atoms with Crippen molar-refractivity contribution in [3.63, 3.8) is 0 Å². The summed E-state index contributed by atoms with van der Waals surface area (Å²) in [6, 6.07) is 14.6. The van der Waals surface area contributed by atoms with Crippen LogP contribution in [0.15, 0.2) is 59.5 Å². The number of para-hydroxylation sites is 1. The van der Waals surface area contributed by atoms with Crippen molar-refractivity contribution in [1.29, 1.82) is 0 Å². The van der Waals surface area contributed by atoms with E-state index in [1.165, 1.54) is 20.2 Å². The van der Waals surface area contributed by atoms with E-state index in [9.17, 15) is 9.59 Å². The van der Waals surface area contributed by atoms with Crippen LogP contribution in [0.2, 0.25) is 0 Å². The first-order chi connectivity index (χ1) is 14.0. The van der Waals surface area contributed by atoms with Crippen LogP contribution in [0.25, 0.3) is 16.7 Å². The first kappa shape index (κ1) is 18.2. The van der Waals surface area contributed by atoms with Gasteiger partial charge in [-0.2, -0.15) is 10.1 Å². The summed E-state index contributed by atoms with van der Waals surface area (Å²) in [5.74, 6) is 0.534. The molecule has 4 rings (SSSR count). The summed E-state index contributed by atoms with van der Waals surface area (Å²) in [5.41, 5.74) is 2.10. The molecule has 0 saturated heterocycles. The van der Waals surface area contributed by atoms with Crippen LogP contribution in [-0.2, 0) is 4.79 Å². The van der Waals surface area contributed by atoms with E-state index in [-0.39, 0.29) is 17.4 Å². The van der Waals surface area contributed by atoms with Gasteiger partial charge in [-0.3, -0.25) is 14.6 Å². The second-order valence-corrected chi connectivity index (χ2v) is 6.26. The minimum absolute atomic E-state index is 0.199. The van der Waals surface area contributed by atoms with E-state index in [4.69, 9.17) is 4.74 Å². The molecule has 0 aliphatic rings. The highest BCUT2D eigenvalue weighted by Gasteiger charge is 2.12. The molecule has 0 unspecified atom stereocenters. The molecular weight excluding hydrogens is 372 g/mol. The molecule has 2 heterocycles. The van der Waals surface area contributed by atoms with Crippen LogP contribution >= 0.6 is 0 Å². The van der Waals surface area contributed by atoms with Crippen molar-refractivity contribution in [2.45, 2.75) is 6.92 Å². The van der Waals surface area contributed by atoms with Gasteiger partial charge in [0, 0.05) is 18.7 Å². The maximum absolute atomic E-state index is 12.5. The molecule has 9 heteroatoms. The molecule has 0 radical (unpaired) electrons. The van der Waals surface area contributed by atoms with Gasteiger partial charge >= 0.3 is 0 Å². The molecule has 0 saturated carbocycles. The second-order valence-electron chi connectivity index (χ2n) is 6.26. The van der Waals surface area contributed by atoms with E-state index in [1.807, 2.05) is 30.3 Å². The summed E-state index contributed by atoms with van der Waals surface area (Å²) in [5, 5.41) is 10.4. The zero-order chi connectivity index (χ0) is 20.4. The minimum atomic E-state index is -0.304. The smallest absolute Gasteiger partial charge is 0.263 e. The zero-order valence-corrected chi connectivity index (χ0v) is 15.8. The van der Waals surface area contributed by atoms with Crippen molar-refractivity contribution in [1.82, 2.24) is 19.7 Å². The number of aromatic nitrogens is 4. The lowest BCUT2D eigenvalue weighted by Gasteiger charge is -2.12. The van der Waals surface area contributed by atoms with E-state index in [0.29, 0.717) is 28.2 Å². The third kappa shape index (κ3) is 3.65. The number of ether oxygens (including phenoxy) is 1. The Balaban J connectivity index is 1.72. The molecule has 0 aliphatic carbocycles. The number of benzene rings is 2. The molecule has 2 aromatic heterocycles. The maximum Gasteiger partial charge on any atom is 0.263 e. The molecular formula is C20H18N6O3. The van der Waals surface area contributed by atoms with Gasteiger partial charge in [-0.1, -0.05) is 18.2 Å². The Kier molecular flexibility index (Phi) is 4.70. The Bertz CT molecular complexity index is 1250. The minimum Gasteiger partial charge on any atom is -0.494 e. The largest absolute Gasteiger partial charge is 0.494 e. The van der Waals surface area contributed by atoms with Crippen LogP contribution in [0.3, 0.4) is 0 Å². The molecule has 2 aromatic carbocycles. The van der Waals surface area contributed by atoms with E-state index in [2.05, 4.69) is 25.7 Å². The molecule has 0 atom stereocenters. The number of fused-ring (bicyclic) bond motifs is 1. The van der Waals surface area contributed by atoms with Gasteiger partial charge in [0.1, 0.15) is 11.1 Å². The summed E-state index contributed by atoms with van der Waals surface area (Å²) >= 11 is 0. The lowest BCUT2D eigenvalue weighted by atomic mass is 10.2. The van der Waals surface area contributed by atoms with Crippen molar-refractivity contribution in [2.24, 2.45) is 0 Å². The van der Waals surface area contributed by atoms with Gasteiger partial charge in [0.05, 0.1) is 24.7 Å². The molecule has 29 heavy (non-hydrogen) atoms. The topological polar surface area (TPSA) is 114 Å². The van der Waals surface area contributed by atoms with Gasteiger partial charge in [0.2, 0.25) is 11.9 Å². The summed E-state index contributed by atoms with van der Waals surface area (Å²) in [7, 11) is 1.51. The fraction of sp³-hybridized carbons (Fsp3) is 0.100. The van der Waals surface area contributed by atoms with Crippen molar-refractivity contribution >= 4 is 34.3 Å². The number of aromatic amines is 1. The van der Waals surface area contributed by atoms with Crippen LogP contribution in [0.4, 0.5) is 17.3 Å². The molecule has 0 aliphatic heterocycles. The third-order valence-corrected chi connectivity index (χ3v) is 4.21. The quantitative estimate of drug-likeness (QED) is 0.483. The standard InChI is InChI=1S/C20H18N6O3/c1-12(27)22-16-9-8-13(10-17(16)29-2)23-20-24-18-15(19(28)25-20)11-21-26(18)14-6-4-3-5-7-14/h3-11H,1-2H3,(H,22,27)(H2,23,24,25,28). The van der Waals surface area contributed by atoms with Crippen LogP contribution in [-0.4, -0.2) is 32.8 Å². The van der Waals surface area contributed by atoms with Crippen molar-refractivity contribution in [3.8, 4) is 11.4 Å². The van der Waals surface area contributed by atoms with Crippen molar-refractivity contribution < 1.29 is 9.53 Å². The molecule has 3 N–H and O–H groups in total. The van der Waals surface area contributed by atoms with Crippen LogP contribution in [0, 0.1) is 0 Å². The van der Waals surface area contributed by atoms with E-state index < -0.39 is 0 Å². The van der Waals surface area contributed by atoms with E-state index >= 15 is 0 Å². The molecule has 1 amide bonds. The van der Waals surface area contributed by atoms with Crippen LogP contribution in [0.1, 0.15) is 6.92 Å². The Morgan fingerprint density at radius 3 is 2.69 bits per heavy atom. The van der Waals surface area contributed by atoms with Crippen molar-refractivity contribution in [3.05, 3.63) is 65.1 Å². The van der Waals surface area contributed by atoms with Crippen molar-refractivity contribution in [2.75, 3.05) is 17.7 Å². The lowest BCUT2D eigenvalue weighted by Crippen LogP contribution is -2.12. The predicted octanol–water partition coefficient (Wildman–Crippen LogP) is 2.82. The Labute approximate surface area is 165 Å². The summed E-state index contributed by atoms with van der Waals surface area (Å²) in [6.45, 7) is 1.42. The predicted molar refractivity (Wildman–Crippen MR) is 110 cm³/mol. The van der Waals surface area contributed by atoms with Gasteiger partial charge < -0.3 is 15.4 Å². The number of nitrogens with zero attached hydrogens (tertiary/aromatic N) is 3. The molecule has 0 fully saturated rings. The number of rotatable bonds is 5. The first-order valence-corrected chi connectivity index (χ1v) is 8.81. The van der Waals surface area contributed by atoms with Gasteiger partial charge in [-0.05, 0) is 24.3 Å². The van der Waals surface area contributed by atoms with Crippen LogP contribution < -0.4 is 20.9 Å². The third-order valence-electron chi connectivity index (χ3n) is 4.21. The molecule has 9 nitrogen and oxygen atoms in total. The fourth-order valence-corrected chi connectivity index (χ4v) is 2.93. The summed E-state index contributed by atoms with van der Waals surface area (Å²) in [6.07, 6.45) is 1.49. The fourth-order valence-electron chi connectivity index (χ4n) is 2.93. The summed E-state index contributed by atoms with van der Waals surface area (Å²) in [4.78, 5) is 31.0. The first-order valence-electron chi connectivity index (χ1n) is 8.81. The lowest BCUT2D eigenvalue weighted by molar-refractivity contribution is -0.114. The average Bonchev–Trinajstić information content (AvgIpc) is 3.14. The monoisotopic (exact) mass is 390 g/mol. The molecule has 4 aromatic rings. The SMILES string of the molecule is COc1cc(Nc2nc3c(cnn3-c3ccccc3)c(=O)[nH]2)ccc1NC(C)=O. The Morgan fingerprint density at radius 1 is 1.17 bits per heavy atom. The molecule has 0 bridgehead atoms. The number of methoxy groups -OCH3 is 1. The highest BCUT2D eigenvalue weighted by Crippen LogP contribution is 2.29. The van der Waals surface area contributed by atoms with Gasteiger partial charge in [-0.25, -0.2) is 4.68 Å². The van der Waals surface area contributed by atoms with Gasteiger partial charge in [-0.15, -0.1) is 0 Å². The number of anilines is 3. The molecule has 146 valence electrons. The summed E-state index contributed by atoms with van der Waals surface area (Å²) < 4.78 is 6.93. The number of H-pyrrole nitrogens is 1. The average molecular weight is 390 g/mol. The number of nitrogens with one attached hydrogen (secondary N) is 3. The Hall–Kier alpha value is -4.14. The maximum atomic E-state index is 12.5. The number of hydrogen-bond donors (Lipinski definition) is 3. The van der Waals surface area contributed by atoms with E-state index in [0.717, 1.165) is 5.69 Å². The van der Waals surface area contributed by atoms with Crippen LogP contribution in [0.5, 0.6) is 5.75 Å². The number of carbonyl (C=O) groups is 1. The highest BCUT2D eigenvalue weighted by molar-refractivity contribution is 5.91. The number of amides is 1. The van der Waals surface area contributed by atoms with Gasteiger partial charge in [0.25, 0.3) is 5.56 Å². The van der Waals surface area contributed by atoms with Gasteiger partial charge in [0.15, 0.2) is 5.65 Å². The number of carbonyl (C=O) groups excluding carboxylic acids is 1. The zero-order valence-electron chi connectivity index (χ0n) is 15.8. The highest BCUT2D eigenvalue weighted by atomic mass is 16.5. The second kappa shape index (κ2) is 7.47. The Morgan fingerprint density at radius 2 is 1.97 bits per heavy atom.